The van der Waals surface area contributed by atoms with E-state index in [0.29, 0.717) is 48.5 Å². The second kappa shape index (κ2) is 9.94. The van der Waals surface area contributed by atoms with Gasteiger partial charge in [0.15, 0.2) is 11.7 Å². The van der Waals surface area contributed by atoms with Crippen LogP contribution < -0.4 is 10.2 Å². The van der Waals surface area contributed by atoms with Gasteiger partial charge in [-0.1, -0.05) is 31.4 Å². The Morgan fingerprint density at radius 1 is 1.09 bits per heavy atom. The smallest absolute Gasteiger partial charge is 0.308 e. The number of hydrogen-bond acceptors (Lipinski definition) is 7. The van der Waals surface area contributed by atoms with Crippen LogP contribution in [0.4, 0.5) is 5.82 Å². The van der Waals surface area contributed by atoms with Crippen molar-refractivity contribution in [1.82, 2.24) is 15.3 Å². The van der Waals surface area contributed by atoms with E-state index in [2.05, 4.69) is 11.4 Å². The molecule has 1 amide bonds. The number of piperidine rings is 1. The first-order valence-corrected chi connectivity index (χ1v) is 11.4. The molecule has 1 atom stereocenters. The molecule has 2 fully saturated rings. The molecule has 1 unspecified atom stereocenters. The standard InChI is InChI=1S/C24H29N5O3/c1-32-24(31)16-11-13-29(14-12-16)22-21(27-19-9-5-6-10-20(19)28-22)18(15-25)23(30)26-17-7-3-2-4-8-17/h5-6,9-10,16-18H,2-4,7-8,11-14H2,1H3,(H,26,30). The van der Waals surface area contributed by atoms with Crippen molar-refractivity contribution >= 4 is 28.7 Å². The number of ether oxygens (including phenoxy) is 1. The minimum absolute atomic E-state index is 0.111. The van der Waals surface area contributed by atoms with Crippen LogP contribution in [0.25, 0.3) is 11.0 Å². The third kappa shape index (κ3) is 4.67. The van der Waals surface area contributed by atoms with Crippen LogP contribution in [-0.4, -0.2) is 48.1 Å². The number of methoxy groups -OCH3 is 1. The summed E-state index contributed by atoms with van der Waals surface area (Å²) in [5.74, 6) is -1.14. The monoisotopic (exact) mass is 435 g/mol. The maximum atomic E-state index is 13.1. The number of nitrogens with one attached hydrogen (secondary N) is 1. The second-order valence-electron chi connectivity index (χ2n) is 8.61. The first kappa shape index (κ1) is 22.0. The number of esters is 1. The van der Waals surface area contributed by atoms with Crippen LogP contribution in [0.2, 0.25) is 0 Å². The maximum Gasteiger partial charge on any atom is 0.308 e. The van der Waals surface area contributed by atoms with Gasteiger partial charge in [0.25, 0.3) is 0 Å². The average Bonchev–Trinajstić information content (AvgIpc) is 2.84. The highest BCUT2D eigenvalue weighted by Crippen LogP contribution is 2.31. The van der Waals surface area contributed by atoms with Crippen molar-refractivity contribution in [3.8, 4) is 6.07 Å². The summed E-state index contributed by atoms with van der Waals surface area (Å²) in [5.41, 5.74) is 1.75. The van der Waals surface area contributed by atoms with Crippen LogP contribution in [0.15, 0.2) is 24.3 Å². The normalized spacial score (nSPS) is 18.7. The second-order valence-corrected chi connectivity index (χ2v) is 8.61. The molecular weight excluding hydrogens is 406 g/mol. The van der Waals surface area contributed by atoms with Crippen LogP contribution >= 0.6 is 0 Å². The fourth-order valence-corrected chi connectivity index (χ4v) is 4.70. The molecular formula is C24H29N5O3. The molecule has 1 aliphatic heterocycles. The molecule has 0 radical (unpaired) electrons. The topological polar surface area (TPSA) is 108 Å². The van der Waals surface area contributed by atoms with E-state index in [-0.39, 0.29) is 23.8 Å². The summed E-state index contributed by atoms with van der Waals surface area (Å²) in [6.07, 6.45) is 6.53. The number of aromatic nitrogens is 2. The maximum absolute atomic E-state index is 13.1. The Bertz CT molecular complexity index is 1020. The number of amides is 1. The molecule has 2 aliphatic rings. The van der Waals surface area contributed by atoms with Gasteiger partial charge in [0, 0.05) is 19.1 Å². The number of fused-ring (bicyclic) bond motifs is 1. The SMILES string of the molecule is COC(=O)C1CCN(c2nc3ccccc3nc2C(C#N)C(=O)NC2CCCCC2)CC1. The Balaban J connectivity index is 1.64. The van der Waals surface area contributed by atoms with Gasteiger partial charge >= 0.3 is 5.97 Å². The number of carbonyl (C=O) groups is 2. The largest absolute Gasteiger partial charge is 0.469 e. The molecule has 1 saturated heterocycles. The number of nitriles is 1. The first-order chi connectivity index (χ1) is 15.6. The molecule has 0 bridgehead atoms. The molecule has 2 aromatic rings. The molecule has 8 heteroatoms. The minimum atomic E-state index is -1.04. The first-order valence-electron chi connectivity index (χ1n) is 11.4. The summed E-state index contributed by atoms with van der Waals surface area (Å²) in [6, 6.07) is 9.76. The van der Waals surface area contributed by atoms with Crippen molar-refractivity contribution in [2.45, 2.75) is 56.9 Å². The van der Waals surface area contributed by atoms with Crippen LogP contribution in [0.5, 0.6) is 0 Å². The van der Waals surface area contributed by atoms with E-state index in [9.17, 15) is 14.9 Å². The highest BCUT2D eigenvalue weighted by atomic mass is 16.5. The lowest BCUT2D eigenvalue weighted by Crippen LogP contribution is -2.41. The molecule has 32 heavy (non-hydrogen) atoms. The van der Waals surface area contributed by atoms with E-state index in [0.717, 1.165) is 25.7 Å². The van der Waals surface area contributed by atoms with Crippen LogP contribution in [0, 0.1) is 17.2 Å². The zero-order valence-corrected chi connectivity index (χ0v) is 18.4. The number of nitrogens with zero attached hydrogens (tertiary/aromatic N) is 4. The van der Waals surface area contributed by atoms with Crippen molar-refractivity contribution in [1.29, 1.82) is 5.26 Å². The number of carbonyl (C=O) groups excluding carboxylic acids is 2. The average molecular weight is 436 g/mol. The van der Waals surface area contributed by atoms with Gasteiger partial charge in [-0.2, -0.15) is 5.26 Å². The summed E-state index contributed by atoms with van der Waals surface area (Å²) in [6.45, 7) is 1.17. The Morgan fingerprint density at radius 2 is 1.75 bits per heavy atom. The fraction of sp³-hybridized carbons (Fsp3) is 0.542. The van der Waals surface area contributed by atoms with E-state index >= 15 is 0 Å². The van der Waals surface area contributed by atoms with Crippen molar-refractivity contribution in [2.24, 2.45) is 5.92 Å². The van der Waals surface area contributed by atoms with Gasteiger partial charge in [-0.05, 0) is 37.8 Å². The summed E-state index contributed by atoms with van der Waals surface area (Å²) < 4.78 is 4.89. The molecule has 168 valence electrons. The highest BCUT2D eigenvalue weighted by Gasteiger charge is 2.33. The van der Waals surface area contributed by atoms with Gasteiger partial charge in [-0.15, -0.1) is 0 Å². The van der Waals surface area contributed by atoms with Crippen LogP contribution in [0.3, 0.4) is 0 Å². The zero-order valence-electron chi connectivity index (χ0n) is 18.4. The van der Waals surface area contributed by atoms with Gasteiger partial charge in [0.05, 0.1) is 30.1 Å². The number of benzene rings is 1. The van der Waals surface area contributed by atoms with Crippen molar-refractivity contribution < 1.29 is 14.3 Å². The van der Waals surface area contributed by atoms with Crippen molar-refractivity contribution in [3.05, 3.63) is 30.0 Å². The fourth-order valence-electron chi connectivity index (χ4n) is 4.70. The van der Waals surface area contributed by atoms with Gasteiger partial charge in [0.2, 0.25) is 5.91 Å². The summed E-state index contributed by atoms with van der Waals surface area (Å²) in [4.78, 5) is 36.6. The van der Waals surface area contributed by atoms with Gasteiger partial charge in [0.1, 0.15) is 5.69 Å². The third-order valence-electron chi connectivity index (χ3n) is 6.52. The third-order valence-corrected chi connectivity index (χ3v) is 6.52. The van der Waals surface area contributed by atoms with E-state index < -0.39 is 5.92 Å². The molecule has 4 rings (SSSR count). The van der Waals surface area contributed by atoms with Crippen molar-refractivity contribution in [2.75, 3.05) is 25.1 Å². The van der Waals surface area contributed by atoms with Gasteiger partial charge in [-0.3, -0.25) is 9.59 Å². The number of rotatable bonds is 5. The number of hydrogen-bond donors (Lipinski definition) is 1. The molecule has 1 N–H and O–H groups in total. The van der Waals surface area contributed by atoms with E-state index in [1.165, 1.54) is 13.5 Å². The Kier molecular flexibility index (Phi) is 6.84. The Morgan fingerprint density at radius 3 is 2.38 bits per heavy atom. The van der Waals surface area contributed by atoms with Crippen LogP contribution in [0.1, 0.15) is 56.6 Å². The molecule has 2 heterocycles. The molecule has 0 spiro atoms. The molecule has 1 saturated carbocycles. The highest BCUT2D eigenvalue weighted by molar-refractivity contribution is 5.89. The lowest BCUT2D eigenvalue weighted by atomic mass is 9.94. The Hall–Kier alpha value is -3.21. The van der Waals surface area contributed by atoms with E-state index in [1.54, 1.807) is 0 Å². The predicted octanol–water partition coefficient (Wildman–Crippen LogP) is 3.08. The zero-order chi connectivity index (χ0) is 22.5. The van der Waals surface area contributed by atoms with E-state index in [4.69, 9.17) is 14.7 Å². The van der Waals surface area contributed by atoms with Crippen molar-refractivity contribution in [3.63, 3.8) is 0 Å². The van der Waals surface area contributed by atoms with E-state index in [1.807, 2.05) is 29.2 Å². The molecule has 1 aliphatic carbocycles. The Labute approximate surface area is 188 Å². The summed E-state index contributed by atoms with van der Waals surface area (Å²) in [7, 11) is 1.41. The quantitative estimate of drug-likeness (QED) is 0.719. The lowest BCUT2D eigenvalue weighted by molar-refractivity contribution is -0.146. The van der Waals surface area contributed by atoms with Gasteiger partial charge in [-0.25, -0.2) is 9.97 Å². The number of anilines is 1. The summed E-state index contributed by atoms with van der Waals surface area (Å²) in [5, 5.41) is 13.0. The molecule has 1 aromatic carbocycles. The molecule has 1 aromatic heterocycles. The number of para-hydroxylation sites is 2. The summed E-state index contributed by atoms with van der Waals surface area (Å²) >= 11 is 0. The molecule has 8 nitrogen and oxygen atoms in total. The lowest BCUT2D eigenvalue weighted by Gasteiger charge is -2.33. The predicted molar refractivity (Wildman–Crippen MR) is 120 cm³/mol. The van der Waals surface area contributed by atoms with Crippen LogP contribution in [-0.2, 0) is 14.3 Å². The minimum Gasteiger partial charge on any atom is -0.469 e. The van der Waals surface area contributed by atoms with Gasteiger partial charge < -0.3 is 15.0 Å².